The van der Waals surface area contributed by atoms with Crippen molar-refractivity contribution in [3.05, 3.63) is 57.5 Å². The first-order chi connectivity index (χ1) is 11.5. The molecule has 0 saturated carbocycles. The van der Waals surface area contributed by atoms with Gasteiger partial charge in [-0.05, 0) is 19.4 Å². The van der Waals surface area contributed by atoms with Crippen molar-refractivity contribution in [2.45, 2.75) is 19.9 Å². The fourth-order valence-electron chi connectivity index (χ4n) is 2.68. The van der Waals surface area contributed by atoms with Gasteiger partial charge in [-0.3, -0.25) is 10.1 Å². The maximum Gasteiger partial charge on any atom is 0.338 e. The van der Waals surface area contributed by atoms with Gasteiger partial charge in [-0.1, -0.05) is 12.1 Å². The molecule has 0 amide bonds. The third-order valence-corrected chi connectivity index (χ3v) is 3.69. The lowest BCUT2D eigenvalue weighted by Gasteiger charge is -2.28. The molecule has 1 aromatic carbocycles. The van der Waals surface area contributed by atoms with Gasteiger partial charge in [0.15, 0.2) is 0 Å². The van der Waals surface area contributed by atoms with Gasteiger partial charge in [0.2, 0.25) is 5.95 Å². The molecule has 3 rings (SSSR count). The molecule has 0 unspecified atom stereocenters. The molecule has 0 spiro atoms. The molecule has 9 heteroatoms. The number of nitrogens with one attached hydrogen (secondary N) is 1. The Labute approximate surface area is 137 Å². The molecule has 2 heterocycles. The van der Waals surface area contributed by atoms with Crippen molar-refractivity contribution < 1.29 is 14.5 Å². The summed E-state index contributed by atoms with van der Waals surface area (Å²) in [6.45, 7) is 3.67. The number of esters is 1. The van der Waals surface area contributed by atoms with Crippen LogP contribution in [0.1, 0.15) is 25.5 Å². The maximum atomic E-state index is 12.4. The molecule has 124 valence electrons. The molecule has 1 aliphatic rings. The van der Waals surface area contributed by atoms with Crippen molar-refractivity contribution >= 4 is 17.6 Å². The molecule has 1 aromatic heterocycles. The van der Waals surface area contributed by atoms with Gasteiger partial charge in [-0.25, -0.2) is 9.48 Å². The van der Waals surface area contributed by atoms with Crippen molar-refractivity contribution in [1.82, 2.24) is 14.8 Å². The van der Waals surface area contributed by atoms with Crippen molar-refractivity contribution in [3.8, 4) is 0 Å². The number of benzene rings is 1. The predicted octanol–water partition coefficient (Wildman–Crippen LogP) is 2.04. The number of allylic oxidation sites excluding steroid dienone is 1. The Kier molecular flexibility index (Phi) is 3.98. The zero-order valence-electron chi connectivity index (χ0n) is 13.1. The second-order valence-electron chi connectivity index (χ2n) is 5.17. The highest BCUT2D eigenvalue weighted by molar-refractivity contribution is 5.92. The van der Waals surface area contributed by atoms with E-state index < -0.39 is 16.9 Å². The van der Waals surface area contributed by atoms with Crippen molar-refractivity contribution in [2.24, 2.45) is 0 Å². The van der Waals surface area contributed by atoms with Gasteiger partial charge in [-0.15, -0.1) is 0 Å². The number of rotatable bonds is 4. The summed E-state index contributed by atoms with van der Waals surface area (Å²) in [4.78, 5) is 27.1. The minimum absolute atomic E-state index is 0.0615. The molecule has 0 fully saturated rings. The zero-order valence-corrected chi connectivity index (χ0v) is 13.1. The SMILES string of the molecule is CCOC(=O)C1=C(C)Nc2ncnn2[C@@H]1c1cccc([N+](=O)[O-])c1. The van der Waals surface area contributed by atoms with Crippen LogP contribution in [-0.2, 0) is 9.53 Å². The van der Waals surface area contributed by atoms with E-state index in [1.165, 1.54) is 23.1 Å². The van der Waals surface area contributed by atoms with Gasteiger partial charge < -0.3 is 10.1 Å². The number of nitro groups is 1. The second-order valence-corrected chi connectivity index (χ2v) is 5.17. The van der Waals surface area contributed by atoms with Crippen LogP contribution in [0.3, 0.4) is 0 Å². The minimum Gasteiger partial charge on any atom is -0.463 e. The van der Waals surface area contributed by atoms with Crippen LogP contribution in [0.4, 0.5) is 11.6 Å². The van der Waals surface area contributed by atoms with Gasteiger partial charge in [-0.2, -0.15) is 10.1 Å². The number of ether oxygens (including phenoxy) is 1. The van der Waals surface area contributed by atoms with Gasteiger partial charge in [0.1, 0.15) is 12.4 Å². The minimum atomic E-state index is -0.650. The Morgan fingerprint density at radius 1 is 1.50 bits per heavy atom. The number of carbonyl (C=O) groups is 1. The maximum absolute atomic E-state index is 12.4. The van der Waals surface area contributed by atoms with Gasteiger partial charge >= 0.3 is 5.97 Å². The Hall–Kier alpha value is -3.23. The number of nitro benzene ring substituents is 1. The van der Waals surface area contributed by atoms with Crippen LogP contribution < -0.4 is 5.32 Å². The zero-order chi connectivity index (χ0) is 17.3. The van der Waals surface area contributed by atoms with Crippen LogP contribution in [0.5, 0.6) is 0 Å². The predicted molar refractivity (Wildman–Crippen MR) is 84.2 cm³/mol. The number of fused-ring (bicyclic) bond motifs is 1. The summed E-state index contributed by atoms with van der Waals surface area (Å²) < 4.78 is 6.65. The van der Waals surface area contributed by atoms with Crippen molar-refractivity contribution in [2.75, 3.05) is 11.9 Å². The number of non-ortho nitro benzene ring substituents is 1. The summed E-state index contributed by atoms with van der Waals surface area (Å²) in [5.41, 5.74) is 1.41. The molecule has 1 atom stereocenters. The number of hydrogen-bond acceptors (Lipinski definition) is 7. The average molecular weight is 329 g/mol. The molecule has 2 aromatic rings. The standard InChI is InChI=1S/C15H15N5O4/c1-3-24-14(21)12-9(2)18-15-16-8-17-19(15)13(12)10-5-4-6-11(7-10)20(22)23/h4-8,13H,3H2,1-2H3,(H,16,17,18)/t13-/m1/s1. The topological polar surface area (TPSA) is 112 Å². The first-order valence-corrected chi connectivity index (χ1v) is 7.31. The highest BCUT2D eigenvalue weighted by atomic mass is 16.6. The fraction of sp³-hybridized carbons (Fsp3) is 0.267. The third kappa shape index (κ3) is 2.60. The van der Waals surface area contributed by atoms with E-state index in [1.54, 1.807) is 26.0 Å². The van der Waals surface area contributed by atoms with Crippen molar-refractivity contribution in [3.63, 3.8) is 0 Å². The highest BCUT2D eigenvalue weighted by Gasteiger charge is 2.34. The molecule has 1 aliphatic heterocycles. The molecule has 9 nitrogen and oxygen atoms in total. The summed E-state index contributed by atoms with van der Waals surface area (Å²) in [6.07, 6.45) is 1.36. The smallest absolute Gasteiger partial charge is 0.338 e. The monoisotopic (exact) mass is 329 g/mol. The third-order valence-electron chi connectivity index (χ3n) is 3.69. The van der Waals surface area contributed by atoms with Gasteiger partial charge in [0.05, 0.1) is 17.1 Å². The fourth-order valence-corrected chi connectivity index (χ4v) is 2.68. The summed E-state index contributed by atoms with van der Waals surface area (Å²) in [6, 6.07) is 5.45. The van der Waals surface area contributed by atoms with Crippen LogP contribution >= 0.6 is 0 Å². The van der Waals surface area contributed by atoms with Crippen LogP contribution in [0.25, 0.3) is 0 Å². The van der Waals surface area contributed by atoms with E-state index in [2.05, 4.69) is 15.4 Å². The number of hydrogen-bond donors (Lipinski definition) is 1. The molecule has 0 bridgehead atoms. The Bertz CT molecular complexity index is 842. The van der Waals surface area contributed by atoms with E-state index in [-0.39, 0.29) is 12.3 Å². The van der Waals surface area contributed by atoms with E-state index in [0.29, 0.717) is 22.8 Å². The molecular weight excluding hydrogens is 314 g/mol. The van der Waals surface area contributed by atoms with E-state index in [4.69, 9.17) is 4.74 Å². The van der Waals surface area contributed by atoms with Crippen LogP contribution in [0.15, 0.2) is 41.9 Å². The molecule has 0 aliphatic carbocycles. The van der Waals surface area contributed by atoms with E-state index in [9.17, 15) is 14.9 Å². The van der Waals surface area contributed by atoms with E-state index in [0.717, 1.165) is 0 Å². The summed E-state index contributed by atoms with van der Waals surface area (Å²) in [5, 5.41) is 18.2. The molecule has 0 saturated heterocycles. The highest BCUT2D eigenvalue weighted by Crippen LogP contribution is 2.36. The lowest BCUT2D eigenvalue weighted by Crippen LogP contribution is -2.29. The Morgan fingerprint density at radius 2 is 2.29 bits per heavy atom. The first-order valence-electron chi connectivity index (χ1n) is 7.31. The largest absolute Gasteiger partial charge is 0.463 e. The Balaban J connectivity index is 2.16. The first kappa shape index (κ1) is 15.7. The summed E-state index contributed by atoms with van der Waals surface area (Å²) >= 11 is 0. The van der Waals surface area contributed by atoms with Gasteiger partial charge in [0.25, 0.3) is 5.69 Å². The molecular formula is C15H15N5O4. The number of anilines is 1. The van der Waals surface area contributed by atoms with Crippen LogP contribution in [0.2, 0.25) is 0 Å². The summed E-state index contributed by atoms with van der Waals surface area (Å²) in [5.74, 6) is -0.0442. The average Bonchev–Trinajstić information content (AvgIpc) is 3.01. The van der Waals surface area contributed by atoms with Crippen LogP contribution in [0, 0.1) is 10.1 Å². The number of aromatic nitrogens is 3. The van der Waals surface area contributed by atoms with Crippen LogP contribution in [-0.4, -0.2) is 32.3 Å². The lowest BCUT2D eigenvalue weighted by atomic mass is 9.95. The second kappa shape index (κ2) is 6.11. The summed E-state index contributed by atoms with van der Waals surface area (Å²) in [7, 11) is 0. The molecule has 1 N–H and O–H groups in total. The lowest BCUT2D eigenvalue weighted by molar-refractivity contribution is -0.384. The normalized spacial score (nSPS) is 16.3. The van der Waals surface area contributed by atoms with E-state index >= 15 is 0 Å². The number of carbonyl (C=O) groups excluding carboxylic acids is 1. The Morgan fingerprint density at radius 3 is 3.00 bits per heavy atom. The van der Waals surface area contributed by atoms with Crippen molar-refractivity contribution in [1.29, 1.82) is 0 Å². The number of nitrogens with zero attached hydrogens (tertiary/aromatic N) is 4. The van der Waals surface area contributed by atoms with E-state index in [1.807, 2.05) is 0 Å². The quantitative estimate of drug-likeness (QED) is 0.519. The molecule has 0 radical (unpaired) electrons. The van der Waals surface area contributed by atoms with Gasteiger partial charge in [0, 0.05) is 17.8 Å². The molecule has 24 heavy (non-hydrogen) atoms.